The van der Waals surface area contributed by atoms with Crippen LogP contribution in [0.5, 0.6) is 5.75 Å². The molecule has 0 saturated heterocycles. The topological polar surface area (TPSA) is 38.3 Å². The minimum absolute atomic E-state index is 0.0248. The van der Waals surface area contributed by atoms with Gasteiger partial charge < -0.3 is 10.1 Å². The van der Waals surface area contributed by atoms with Crippen LogP contribution in [0, 0.1) is 17.8 Å². The fraction of sp³-hybridized carbons (Fsp3) is 0.611. The van der Waals surface area contributed by atoms with Gasteiger partial charge in [0.25, 0.3) is 5.91 Å². The molecule has 1 N–H and O–H groups in total. The number of carbonyl (C=O) groups is 1. The highest BCUT2D eigenvalue weighted by Gasteiger charge is 2.18. The molecule has 1 amide bonds. The summed E-state index contributed by atoms with van der Waals surface area (Å²) < 4.78 is 5.57. The number of carbonyl (C=O) groups excluding carboxylic acids is 1. The normalized spacial score (nSPS) is 11.2. The van der Waals surface area contributed by atoms with Crippen molar-refractivity contribution >= 4 is 5.91 Å². The van der Waals surface area contributed by atoms with Gasteiger partial charge >= 0.3 is 0 Å². The molecule has 0 unspecified atom stereocenters. The van der Waals surface area contributed by atoms with E-state index in [9.17, 15) is 4.79 Å². The molecule has 1 aromatic carbocycles. The van der Waals surface area contributed by atoms with Gasteiger partial charge in [-0.2, -0.15) is 0 Å². The number of hydrogen-bond donors (Lipinski definition) is 1. The van der Waals surface area contributed by atoms with E-state index >= 15 is 0 Å². The maximum absolute atomic E-state index is 12.3. The van der Waals surface area contributed by atoms with Crippen LogP contribution in [0.25, 0.3) is 0 Å². The predicted octanol–water partition coefficient (Wildman–Crippen LogP) is 4.13. The highest BCUT2D eigenvalue weighted by atomic mass is 16.5. The average Bonchev–Trinajstić information content (AvgIpc) is 2.44. The lowest BCUT2D eigenvalue weighted by atomic mass is 9.85. The van der Waals surface area contributed by atoms with Crippen molar-refractivity contribution in [1.29, 1.82) is 0 Å². The molecule has 1 rings (SSSR count). The molecule has 0 saturated carbocycles. The Bertz CT molecular complexity index is 433. The molecule has 3 heteroatoms. The summed E-state index contributed by atoms with van der Waals surface area (Å²) in [6.07, 6.45) is 0.959. The minimum Gasteiger partial charge on any atom is -0.494 e. The fourth-order valence-corrected chi connectivity index (χ4v) is 2.50. The summed E-state index contributed by atoms with van der Waals surface area (Å²) in [5.74, 6) is 2.35. The van der Waals surface area contributed by atoms with Crippen LogP contribution in [-0.4, -0.2) is 19.1 Å². The lowest BCUT2D eigenvalue weighted by molar-refractivity contribution is 0.0936. The molecule has 0 bridgehead atoms. The third kappa shape index (κ3) is 5.78. The Kier molecular flexibility index (Phi) is 7.27. The molecular formula is C18H29NO2. The number of ether oxygens (including phenoxy) is 1. The largest absolute Gasteiger partial charge is 0.494 e. The summed E-state index contributed by atoms with van der Waals surface area (Å²) >= 11 is 0. The molecule has 21 heavy (non-hydrogen) atoms. The zero-order valence-corrected chi connectivity index (χ0v) is 14.0. The summed E-state index contributed by atoms with van der Waals surface area (Å²) in [5.41, 5.74) is 0.662. The van der Waals surface area contributed by atoms with E-state index in [0.717, 1.165) is 12.2 Å². The molecule has 0 spiro atoms. The van der Waals surface area contributed by atoms with Gasteiger partial charge in [-0.25, -0.2) is 0 Å². The molecule has 0 aliphatic heterocycles. The van der Waals surface area contributed by atoms with Crippen LogP contribution in [-0.2, 0) is 0 Å². The van der Waals surface area contributed by atoms with E-state index in [-0.39, 0.29) is 5.91 Å². The summed E-state index contributed by atoms with van der Waals surface area (Å²) in [5, 5.41) is 3.05. The van der Waals surface area contributed by atoms with Crippen LogP contribution < -0.4 is 10.1 Å². The van der Waals surface area contributed by atoms with Gasteiger partial charge in [0, 0.05) is 12.1 Å². The smallest absolute Gasteiger partial charge is 0.251 e. The Balaban J connectivity index is 2.62. The monoisotopic (exact) mass is 291 g/mol. The minimum atomic E-state index is -0.0248. The number of amides is 1. The molecule has 3 nitrogen and oxygen atoms in total. The average molecular weight is 291 g/mol. The molecule has 0 fully saturated rings. The van der Waals surface area contributed by atoms with Gasteiger partial charge in [-0.3, -0.25) is 4.79 Å². The van der Waals surface area contributed by atoms with Crippen molar-refractivity contribution in [1.82, 2.24) is 5.32 Å². The van der Waals surface area contributed by atoms with Crippen molar-refractivity contribution in [2.45, 2.75) is 41.0 Å². The maximum Gasteiger partial charge on any atom is 0.251 e. The highest BCUT2D eigenvalue weighted by Crippen LogP contribution is 2.20. The Hall–Kier alpha value is -1.51. The lowest BCUT2D eigenvalue weighted by Crippen LogP contribution is -2.33. The Morgan fingerprint density at radius 2 is 1.86 bits per heavy atom. The van der Waals surface area contributed by atoms with E-state index in [1.54, 1.807) is 0 Å². The van der Waals surface area contributed by atoms with Gasteiger partial charge in [-0.15, -0.1) is 0 Å². The first-order valence-corrected chi connectivity index (χ1v) is 7.96. The molecule has 0 aromatic heterocycles. The van der Waals surface area contributed by atoms with Crippen molar-refractivity contribution in [2.75, 3.05) is 13.2 Å². The van der Waals surface area contributed by atoms with E-state index in [1.165, 1.54) is 0 Å². The molecule has 0 radical (unpaired) electrons. The third-order valence-corrected chi connectivity index (χ3v) is 3.78. The molecule has 0 aliphatic rings. The van der Waals surface area contributed by atoms with Crippen molar-refractivity contribution in [3.63, 3.8) is 0 Å². The number of hydrogen-bond acceptors (Lipinski definition) is 2. The zero-order chi connectivity index (χ0) is 15.8. The second-order valence-corrected chi connectivity index (χ2v) is 6.24. The van der Waals surface area contributed by atoms with Gasteiger partial charge in [0.1, 0.15) is 5.75 Å². The first-order valence-electron chi connectivity index (χ1n) is 7.96. The zero-order valence-electron chi connectivity index (χ0n) is 14.0. The van der Waals surface area contributed by atoms with Gasteiger partial charge in [-0.05, 0) is 42.4 Å². The second-order valence-electron chi connectivity index (χ2n) is 6.24. The molecule has 0 heterocycles. The van der Waals surface area contributed by atoms with Crippen LogP contribution in [0.2, 0.25) is 0 Å². The van der Waals surface area contributed by atoms with Crippen LogP contribution in [0.4, 0.5) is 0 Å². The van der Waals surface area contributed by atoms with E-state index in [1.807, 2.05) is 24.3 Å². The quantitative estimate of drug-likeness (QED) is 0.782. The number of nitrogens with one attached hydrogen (secondary N) is 1. The molecular weight excluding hydrogens is 262 g/mol. The van der Waals surface area contributed by atoms with Crippen LogP contribution in [0.15, 0.2) is 24.3 Å². The SMILES string of the molecule is CCCOc1cccc(C(=O)NCC(C(C)C)C(C)C)c1. The lowest BCUT2D eigenvalue weighted by Gasteiger charge is -2.25. The summed E-state index contributed by atoms with van der Waals surface area (Å²) in [7, 11) is 0. The standard InChI is InChI=1S/C18H29NO2/c1-6-10-21-16-9-7-8-15(11-16)18(20)19-12-17(13(2)3)14(4)5/h7-9,11,13-14,17H,6,10,12H2,1-5H3,(H,19,20). The highest BCUT2D eigenvalue weighted by molar-refractivity contribution is 5.94. The van der Waals surface area contributed by atoms with Crippen LogP contribution in [0.1, 0.15) is 51.4 Å². The van der Waals surface area contributed by atoms with E-state index in [4.69, 9.17) is 4.74 Å². The van der Waals surface area contributed by atoms with Crippen molar-refractivity contribution in [2.24, 2.45) is 17.8 Å². The number of rotatable bonds is 8. The Labute approximate surface area is 129 Å². The van der Waals surface area contributed by atoms with Gasteiger partial charge in [0.2, 0.25) is 0 Å². The fourth-order valence-electron chi connectivity index (χ4n) is 2.50. The summed E-state index contributed by atoms with van der Waals surface area (Å²) in [4.78, 5) is 12.3. The van der Waals surface area contributed by atoms with Crippen molar-refractivity contribution < 1.29 is 9.53 Å². The van der Waals surface area contributed by atoms with Gasteiger partial charge in [-0.1, -0.05) is 40.7 Å². The second kappa shape index (κ2) is 8.71. The summed E-state index contributed by atoms with van der Waals surface area (Å²) in [6.45, 7) is 12.3. The third-order valence-electron chi connectivity index (χ3n) is 3.78. The molecule has 0 aliphatic carbocycles. The van der Waals surface area contributed by atoms with E-state index in [0.29, 0.717) is 36.5 Å². The first-order chi connectivity index (χ1) is 9.95. The molecule has 118 valence electrons. The summed E-state index contributed by atoms with van der Waals surface area (Å²) in [6, 6.07) is 7.39. The first kappa shape index (κ1) is 17.5. The maximum atomic E-state index is 12.3. The Morgan fingerprint density at radius 1 is 1.19 bits per heavy atom. The van der Waals surface area contributed by atoms with E-state index in [2.05, 4.69) is 39.9 Å². The van der Waals surface area contributed by atoms with Crippen LogP contribution >= 0.6 is 0 Å². The van der Waals surface area contributed by atoms with Gasteiger partial charge in [0.15, 0.2) is 0 Å². The Morgan fingerprint density at radius 3 is 2.43 bits per heavy atom. The molecule has 1 aromatic rings. The van der Waals surface area contributed by atoms with Crippen molar-refractivity contribution in [3.05, 3.63) is 29.8 Å². The molecule has 0 atom stereocenters. The van der Waals surface area contributed by atoms with Gasteiger partial charge in [0.05, 0.1) is 6.61 Å². The predicted molar refractivity (Wildman–Crippen MR) is 87.7 cm³/mol. The van der Waals surface area contributed by atoms with Crippen LogP contribution in [0.3, 0.4) is 0 Å². The van der Waals surface area contributed by atoms with E-state index < -0.39 is 0 Å². The number of benzene rings is 1. The van der Waals surface area contributed by atoms with Crippen molar-refractivity contribution in [3.8, 4) is 5.75 Å².